The Balaban J connectivity index is 0.000000473. The molecule has 2 N–H and O–H groups in total. The van der Waals surface area contributed by atoms with Crippen molar-refractivity contribution in [3.8, 4) is 11.5 Å². The second kappa shape index (κ2) is 16.0. The average molecular weight is 580 g/mol. The van der Waals surface area contributed by atoms with Crippen LogP contribution in [0, 0.1) is 0 Å². The van der Waals surface area contributed by atoms with E-state index in [4.69, 9.17) is 10.2 Å². The van der Waals surface area contributed by atoms with Gasteiger partial charge in [0, 0.05) is 26.2 Å². The molecule has 0 saturated carbocycles. The molecule has 0 bridgehead atoms. The van der Waals surface area contributed by atoms with E-state index in [1.165, 1.54) is 46.3 Å². The van der Waals surface area contributed by atoms with Gasteiger partial charge in [0.1, 0.15) is 11.5 Å². The van der Waals surface area contributed by atoms with E-state index >= 15 is 0 Å². The summed E-state index contributed by atoms with van der Waals surface area (Å²) in [6.07, 6.45) is 11.3. The smallest absolute Gasteiger partial charge is 0.115 e. The van der Waals surface area contributed by atoms with Crippen molar-refractivity contribution in [2.24, 2.45) is 0 Å². The number of phenols is 2. The van der Waals surface area contributed by atoms with Crippen LogP contribution in [-0.4, -0.2) is 10.2 Å². The summed E-state index contributed by atoms with van der Waals surface area (Å²) in [6, 6.07) is 14.7. The van der Waals surface area contributed by atoms with Crippen LogP contribution in [0.3, 0.4) is 0 Å². The van der Waals surface area contributed by atoms with Gasteiger partial charge < -0.3 is 10.2 Å². The van der Waals surface area contributed by atoms with E-state index in [9.17, 15) is 0 Å². The summed E-state index contributed by atoms with van der Waals surface area (Å²) in [5.74, 6) is 0.663. The van der Waals surface area contributed by atoms with Crippen LogP contribution >= 0.6 is 0 Å². The van der Waals surface area contributed by atoms with E-state index in [-0.39, 0.29) is 37.0 Å². The van der Waals surface area contributed by atoms with Gasteiger partial charge in [0.25, 0.3) is 0 Å². The third-order valence-corrected chi connectivity index (χ3v) is 5.91. The first-order chi connectivity index (χ1) is 16.6. The quantitative estimate of drug-likeness (QED) is 0.326. The van der Waals surface area contributed by atoms with Crippen molar-refractivity contribution in [2.45, 2.75) is 92.9 Å². The predicted octanol–water partition coefficient (Wildman–Crippen LogP) is 9.94. The molecule has 3 heteroatoms. The minimum absolute atomic E-state index is 0. The second-order valence-electron chi connectivity index (χ2n) is 11.9. The van der Waals surface area contributed by atoms with Gasteiger partial charge >= 0.3 is 0 Å². The van der Waals surface area contributed by atoms with Crippen molar-refractivity contribution in [1.29, 1.82) is 0 Å². The van der Waals surface area contributed by atoms with Crippen molar-refractivity contribution >= 4 is 0 Å². The van der Waals surface area contributed by atoms with Crippen molar-refractivity contribution in [1.82, 2.24) is 0 Å². The molecule has 0 saturated heterocycles. The molecule has 0 radical (unpaired) electrons. The monoisotopic (exact) mass is 578 g/mol. The van der Waals surface area contributed by atoms with Crippen molar-refractivity contribution < 1.29 is 36.4 Å². The summed E-state index contributed by atoms with van der Waals surface area (Å²) in [4.78, 5) is 0. The zero-order valence-electron chi connectivity index (χ0n) is 24.7. The Morgan fingerprint density at radius 1 is 0.514 bits per heavy atom. The first-order valence-electron chi connectivity index (χ1n) is 12.8. The molecule has 0 amide bonds. The molecule has 2 aromatic carbocycles. The topological polar surface area (TPSA) is 40.5 Å². The first kappa shape index (κ1) is 34.9. The number of aromatic hydroxyl groups is 2. The van der Waals surface area contributed by atoms with E-state index in [1.807, 2.05) is 24.3 Å². The van der Waals surface area contributed by atoms with Crippen LogP contribution < -0.4 is 0 Å². The number of rotatable bonds is 0. The van der Waals surface area contributed by atoms with E-state index in [1.54, 1.807) is 24.3 Å². The predicted molar refractivity (Wildman–Crippen MR) is 158 cm³/mol. The minimum atomic E-state index is 0. The maximum absolute atomic E-state index is 9.02. The number of hydrogen-bond acceptors (Lipinski definition) is 2. The van der Waals surface area contributed by atoms with Gasteiger partial charge in [-0.3, -0.25) is 0 Å². The molecule has 0 spiro atoms. The summed E-state index contributed by atoms with van der Waals surface area (Å²) in [5, 5.41) is 18.0. The van der Waals surface area contributed by atoms with Gasteiger partial charge in [0.2, 0.25) is 0 Å². The maximum Gasteiger partial charge on any atom is 0.115 e. The Hall–Kier alpha value is -2.12. The molecule has 4 rings (SSSR count). The summed E-state index contributed by atoms with van der Waals surface area (Å²) in [6.45, 7) is 21.5. The van der Waals surface area contributed by atoms with Gasteiger partial charge in [-0.05, 0) is 86.8 Å². The Labute approximate surface area is 246 Å². The third-order valence-electron chi connectivity index (χ3n) is 5.91. The van der Waals surface area contributed by atoms with Crippen LogP contribution in [0.25, 0.3) is 0 Å². The molecule has 0 heterocycles. The van der Waals surface area contributed by atoms with Gasteiger partial charge in [-0.2, -0.15) is 0 Å². The van der Waals surface area contributed by atoms with Gasteiger partial charge in [-0.15, -0.1) is 0 Å². The third kappa shape index (κ3) is 15.0. The molecule has 200 valence electrons. The van der Waals surface area contributed by atoms with Crippen LogP contribution in [-0.2, 0) is 37.0 Å². The largest absolute Gasteiger partial charge is 0.508 e. The molecule has 0 aromatic heterocycles. The molecule has 0 fully saturated rings. The first-order valence-corrected chi connectivity index (χ1v) is 12.8. The van der Waals surface area contributed by atoms with Gasteiger partial charge in [0.15, 0.2) is 0 Å². The zero-order chi connectivity index (χ0) is 27.5. The Bertz CT molecular complexity index is 979. The van der Waals surface area contributed by atoms with Crippen LogP contribution in [0.15, 0.2) is 95.1 Å². The van der Waals surface area contributed by atoms with Gasteiger partial charge in [-0.1, -0.05) is 112 Å². The normalized spacial score (nSPS) is 14.1. The second-order valence-corrected chi connectivity index (χ2v) is 11.9. The minimum Gasteiger partial charge on any atom is -0.508 e. The van der Waals surface area contributed by atoms with E-state index < -0.39 is 0 Å². The van der Waals surface area contributed by atoms with Gasteiger partial charge in [-0.25, -0.2) is 0 Å². The Morgan fingerprint density at radius 3 is 0.919 bits per heavy atom. The standard InChI is InChI=1S/2C10H14O.2C7H10.Zr/c2*1-10(2,3)8-4-6-9(11)7-5-8;2*1-6-3-4-7(2)5-6;/h2*4-7,11H,1-3H3;2*3,5H,4H2,1-2H3;. The molecular formula is C34H48O2Zr. The number of hydrogen-bond donors (Lipinski definition) is 2. The zero-order valence-corrected chi connectivity index (χ0v) is 27.2. The molecule has 0 atom stereocenters. The summed E-state index contributed by atoms with van der Waals surface area (Å²) in [5.41, 5.74) is 8.64. The van der Waals surface area contributed by atoms with Crippen molar-refractivity contribution in [2.75, 3.05) is 0 Å². The molecule has 2 aliphatic rings. The molecular weight excluding hydrogens is 532 g/mol. The van der Waals surface area contributed by atoms with Gasteiger partial charge in [0.05, 0.1) is 0 Å². The van der Waals surface area contributed by atoms with E-state index in [0.29, 0.717) is 11.5 Å². The molecule has 2 aromatic rings. The number of benzene rings is 2. The molecule has 0 aliphatic heterocycles. The Morgan fingerprint density at radius 2 is 0.784 bits per heavy atom. The van der Waals surface area contributed by atoms with Crippen LogP contribution in [0.2, 0.25) is 0 Å². The summed E-state index contributed by atoms with van der Waals surface area (Å²) < 4.78 is 0. The number of phenolic OH excluding ortho intramolecular Hbond substituents is 2. The fourth-order valence-electron chi connectivity index (χ4n) is 3.58. The molecule has 0 unspecified atom stereocenters. The fraction of sp³-hybridized carbons (Fsp3) is 0.412. The molecule has 37 heavy (non-hydrogen) atoms. The Kier molecular flexibility index (Phi) is 15.1. The summed E-state index contributed by atoms with van der Waals surface area (Å²) >= 11 is 0. The van der Waals surface area contributed by atoms with Crippen LogP contribution in [0.5, 0.6) is 11.5 Å². The van der Waals surface area contributed by atoms with Crippen molar-refractivity contribution in [3.05, 3.63) is 106 Å². The molecule has 2 nitrogen and oxygen atoms in total. The average Bonchev–Trinajstić information content (AvgIpc) is 3.34. The maximum atomic E-state index is 9.02. The molecule has 2 aliphatic carbocycles. The van der Waals surface area contributed by atoms with Crippen molar-refractivity contribution in [3.63, 3.8) is 0 Å². The number of allylic oxidation sites excluding steroid dienone is 8. The van der Waals surface area contributed by atoms with E-state index in [0.717, 1.165) is 0 Å². The fourth-order valence-corrected chi connectivity index (χ4v) is 3.58. The van der Waals surface area contributed by atoms with E-state index in [2.05, 4.69) is 93.5 Å². The van der Waals surface area contributed by atoms with Crippen LogP contribution in [0.1, 0.15) is 93.2 Å². The summed E-state index contributed by atoms with van der Waals surface area (Å²) in [7, 11) is 0. The SMILES string of the molecule is CC(C)(C)c1ccc(O)cc1.CC(C)(C)c1ccc(O)cc1.CC1=CCC(C)=C1.CC1=CCC(C)=C1.[Zr]. The van der Waals surface area contributed by atoms with Crippen LogP contribution in [0.4, 0.5) is 0 Å².